The molecule has 166 valence electrons. The molecule has 10 heteroatoms. The van der Waals surface area contributed by atoms with E-state index < -0.39 is 29.1 Å². The van der Waals surface area contributed by atoms with E-state index in [9.17, 15) is 18.0 Å². The Labute approximate surface area is 186 Å². The number of fused-ring (bicyclic) bond motifs is 2. The predicted octanol–water partition coefficient (Wildman–Crippen LogP) is 3.15. The fourth-order valence-electron chi connectivity index (χ4n) is 4.74. The van der Waals surface area contributed by atoms with Crippen LogP contribution < -0.4 is 10.0 Å². The van der Waals surface area contributed by atoms with Gasteiger partial charge in [0, 0.05) is 6.04 Å². The molecule has 0 heterocycles. The van der Waals surface area contributed by atoms with E-state index in [1.807, 2.05) is 0 Å². The molecule has 2 fully saturated rings. The van der Waals surface area contributed by atoms with Crippen molar-refractivity contribution in [3.63, 3.8) is 0 Å². The van der Waals surface area contributed by atoms with Crippen molar-refractivity contribution in [2.75, 3.05) is 13.2 Å². The van der Waals surface area contributed by atoms with Crippen LogP contribution in [0.3, 0.4) is 0 Å². The molecule has 0 saturated heterocycles. The maximum Gasteiger partial charge on any atom is 0.321 e. The summed E-state index contributed by atoms with van der Waals surface area (Å²) >= 11 is 11.6. The maximum atomic E-state index is 12.3. The molecule has 3 rings (SSSR count). The second-order valence-corrected chi connectivity index (χ2v) is 11.4. The molecule has 2 N–H and O–H groups in total. The molecular weight excluding hydrogens is 451 g/mol. The minimum atomic E-state index is -3.97. The highest BCUT2D eigenvalue weighted by molar-refractivity contribution is 7.89. The molecule has 7 nitrogen and oxygen atoms in total. The zero-order chi connectivity index (χ0) is 22.3. The van der Waals surface area contributed by atoms with E-state index in [2.05, 4.69) is 30.8 Å². The summed E-state index contributed by atoms with van der Waals surface area (Å²) in [4.78, 5) is 24.0. The molecule has 30 heavy (non-hydrogen) atoms. The topological polar surface area (TPSA) is 102 Å². The first kappa shape index (κ1) is 23.3. The number of nitrogens with one attached hydrogen (secondary N) is 2. The molecule has 0 spiro atoms. The van der Waals surface area contributed by atoms with Crippen LogP contribution >= 0.6 is 23.2 Å². The summed E-state index contributed by atoms with van der Waals surface area (Å²) < 4.78 is 31.5. The lowest BCUT2D eigenvalue weighted by atomic mass is 9.69. The minimum absolute atomic E-state index is 0.0207. The molecule has 0 aliphatic heterocycles. The number of carbonyl (C=O) groups is 2. The second kappa shape index (κ2) is 8.30. The molecular formula is C20H26Cl2N2O5S. The molecule has 3 unspecified atom stereocenters. The van der Waals surface area contributed by atoms with Gasteiger partial charge in [-0.1, -0.05) is 44.0 Å². The monoisotopic (exact) mass is 476 g/mol. The van der Waals surface area contributed by atoms with Gasteiger partial charge >= 0.3 is 5.97 Å². The Morgan fingerprint density at radius 3 is 2.47 bits per heavy atom. The molecule has 1 aromatic carbocycles. The number of benzene rings is 1. The normalized spacial score (nSPS) is 27.1. The van der Waals surface area contributed by atoms with Crippen molar-refractivity contribution in [3.8, 4) is 0 Å². The number of carbonyl (C=O) groups excluding carboxylic acids is 2. The third-order valence-corrected chi connectivity index (χ3v) is 9.24. The van der Waals surface area contributed by atoms with Crippen LogP contribution in [-0.4, -0.2) is 39.5 Å². The van der Waals surface area contributed by atoms with Gasteiger partial charge in [0.1, 0.15) is 6.54 Å². The van der Waals surface area contributed by atoms with Gasteiger partial charge in [0.15, 0.2) is 6.61 Å². The highest BCUT2D eigenvalue weighted by Gasteiger charge is 2.61. The van der Waals surface area contributed by atoms with Gasteiger partial charge in [-0.25, -0.2) is 8.42 Å². The van der Waals surface area contributed by atoms with E-state index >= 15 is 0 Å². The Kier molecular flexibility index (Phi) is 6.45. The Morgan fingerprint density at radius 2 is 1.90 bits per heavy atom. The third-order valence-electron chi connectivity index (χ3n) is 7.10. The van der Waals surface area contributed by atoms with E-state index in [0.717, 1.165) is 12.8 Å². The molecule has 0 radical (unpaired) electrons. The van der Waals surface area contributed by atoms with Crippen molar-refractivity contribution >= 4 is 45.1 Å². The van der Waals surface area contributed by atoms with Gasteiger partial charge in [-0.2, -0.15) is 4.72 Å². The van der Waals surface area contributed by atoms with Crippen molar-refractivity contribution in [1.82, 2.24) is 10.0 Å². The van der Waals surface area contributed by atoms with Crippen LogP contribution in [0.5, 0.6) is 0 Å². The summed E-state index contributed by atoms with van der Waals surface area (Å²) in [5.74, 6) is -0.662. The maximum absolute atomic E-state index is 12.3. The van der Waals surface area contributed by atoms with Crippen LogP contribution in [-0.2, 0) is 24.3 Å². The van der Waals surface area contributed by atoms with Crippen molar-refractivity contribution < 1.29 is 22.7 Å². The summed E-state index contributed by atoms with van der Waals surface area (Å²) in [7, 11) is -3.97. The van der Waals surface area contributed by atoms with Crippen LogP contribution in [0.4, 0.5) is 0 Å². The average molecular weight is 477 g/mol. The highest BCUT2D eigenvalue weighted by atomic mass is 35.5. The lowest BCUT2D eigenvalue weighted by Crippen LogP contribution is -2.48. The van der Waals surface area contributed by atoms with E-state index in [1.54, 1.807) is 0 Å². The van der Waals surface area contributed by atoms with Gasteiger partial charge in [-0.3, -0.25) is 9.59 Å². The van der Waals surface area contributed by atoms with Crippen LogP contribution in [0.25, 0.3) is 0 Å². The standard InChI is InChI=1S/C20H26Cl2N2O5S/c1-19(2)12-6-7-20(19,3)16(8-12)24-17(25)11-29-18(26)10-23-30(27,28)13-4-5-14(21)15(22)9-13/h4-5,9,12,16,23H,6-8,10-11H2,1-3H3,(H,24,25). The summed E-state index contributed by atoms with van der Waals surface area (Å²) in [5, 5.41) is 3.29. The van der Waals surface area contributed by atoms with Crippen molar-refractivity contribution in [2.24, 2.45) is 16.7 Å². The first-order valence-electron chi connectivity index (χ1n) is 9.76. The predicted molar refractivity (Wildman–Crippen MR) is 114 cm³/mol. The number of amides is 1. The number of rotatable bonds is 7. The minimum Gasteiger partial charge on any atom is -0.455 e. The van der Waals surface area contributed by atoms with Crippen LogP contribution in [0.1, 0.15) is 40.0 Å². The average Bonchev–Trinajstić information content (AvgIpc) is 3.00. The number of ether oxygens (including phenoxy) is 1. The fourth-order valence-corrected chi connectivity index (χ4v) is 6.09. The lowest BCUT2D eigenvalue weighted by Gasteiger charge is -2.39. The summed E-state index contributed by atoms with van der Waals surface area (Å²) in [6, 6.07) is 3.85. The van der Waals surface area contributed by atoms with E-state index in [4.69, 9.17) is 27.9 Å². The third kappa shape index (κ3) is 4.33. The molecule has 0 aromatic heterocycles. The van der Waals surface area contributed by atoms with E-state index in [-0.39, 0.29) is 37.7 Å². The molecule has 2 aliphatic carbocycles. The Morgan fingerprint density at radius 1 is 1.20 bits per heavy atom. The van der Waals surface area contributed by atoms with E-state index in [1.165, 1.54) is 24.6 Å². The first-order valence-corrected chi connectivity index (χ1v) is 12.0. The summed E-state index contributed by atoms with van der Waals surface area (Å²) in [6.07, 6.45) is 3.16. The molecule has 2 saturated carbocycles. The molecule has 1 aromatic rings. The van der Waals surface area contributed by atoms with Gasteiger partial charge < -0.3 is 10.1 Å². The largest absolute Gasteiger partial charge is 0.455 e. The Balaban J connectivity index is 1.47. The number of sulfonamides is 1. The van der Waals surface area contributed by atoms with Crippen LogP contribution in [0.15, 0.2) is 23.1 Å². The quantitative estimate of drug-likeness (QED) is 0.588. The Hall–Kier alpha value is -1.35. The Bertz CT molecular complexity index is 966. The number of esters is 1. The van der Waals surface area contributed by atoms with Crippen molar-refractivity contribution in [3.05, 3.63) is 28.2 Å². The second-order valence-electron chi connectivity index (χ2n) is 8.79. The highest BCUT2D eigenvalue weighted by Crippen LogP contribution is 2.65. The zero-order valence-electron chi connectivity index (χ0n) is 17.1. The number of hydrogen-bond donors (Lipinski definition) is 2. The lowest BCUT2D eigenvalue weighted by molar-refractivity contribution is -0.147. The number of halogens is 2. The van der Waals surface area contributed by atoms with Crippen molar-refractivity contribution in [2.45, 2.75) is 51.0 Å². The summed E-state index contributed by atoms with van der Waals surface area (Å²) in [5.41, 5.74) is 0.178. The van der Waals surface area contributed by atoms with Crippen LogP contribution in [0.2, 0.25) is 10.0 Å². The molecule has 3 atom stereocenters. The zero-order valence-corrected chi connectivity index (χ0v) is 19.5. The summed E-state index contributed by atoms with van der Waals surface area (Å²) in [6.45, 7) is 5.64. The fraction of sp³-hybridized carbons (Fsp3) is 0.600. The van der Waals surface area contributed by atoms with Gasteiger partial charge in [0.2, 0.25) is 10.0 Å². The molecule has 2 bridgehead atoms. The smallest absolute Gasteiger partial charge is 0.321 e. The number of hydrogen-bond acceptors (Lipinski definition) is 5. The van der Waals surface area contributed by atoms with Gasteiger partial charge in [0.25, 0.3) is 5.91 Å². The molecule has 1 amide bonds. The van der Waals surface area contributed by atoms with Crippen LogP contribution in [0, 0.1) is 16.7 Å². The van der Waals surface area contributed by atoms with Crippen molar-refractivity contribution in [1.29, 1.82) is 0 Å². The van der Waals surface area contributed by atoms with E-state index in [0.29, 0.717) is 5.92 Å². The van der Waals surface area contributed by atoms with Gasteiger partial charge in [0.05, 0.1) is 14.9 Å². The van der Waals surface area contributed by atoms with Gasteiger partial charge in [-0.15, -0.1) is 0 Å². The SMILES string of the molecule is CC1(C)C2CCC1(C)C(NC(=O)COC(=O)CNS(=O)(=O)c1ccc(Cl)c(Cl)c1)C2. The molecule has 2 aliphatic rings. The van der Waals surface area contributed by atoms with Gasteiger partial charge in [-0.05, 0) is 54.2 Å². The first-order chi connectivity index (χ1) is 13.9.